The summed E-state index contributed by atoms with van der Waals surface area (Å²) >= 11 is 1.67. The fraction of sp³-hybridized carbons (Fsp3) is 0.280. The van der Waals surface area contributed by atoms with Crippen LogP contribution in [0.2, 0.25) is 0 Å². The molecule has 8 heteroatoms. The predicted octanol–water partition coefficient (Wildman–Crippen LogP) is 3.71. The molecule has 3 aromatic rings. The first-order valence-corrected chi connectivity index (χ1v) is 11.6. The highest BCUT2D eigenvalue weighted by molar-refractivity contribution is 7.10. The second-order valence-corrected chi connectivity index (χ2v) is 8.73. The van der Waals surface area contributed by atoms with E-state index in [2.05, 4.69) is 27.0 Å². The van der Waals surface area contributed by atoms with Crippen molar-refractivity contribution in [3.8, 4) is 11.5 Å². The second-order valence-electron chi connectivity index (χ2n) is 7.75. The lowest BCUT2D eigenvalue weighted by atomic mass is 9.91. The number of rotatable bonds is 7. The normalized spacial score (nSPS) is 15.4. The molecule has 33 heavy (non-hydrogen) atoms. The first-order valence-electron chi connectivity index (χ1n) is 10.7. The third-order valence-corrected chi connectivity index (χ3v) is 6.72. The van der Waals surface area contributed by atoms with Crippen molar-refractivity contribution < 1.29 is 19.1 Å². The van der Waals surface area contributed by atoms with Gasteiger partial charge in [0.25, 0.3) is 5.91 Å². The summed E-state index contributed by atoms with van der Waals surface area (Å²) in [6.07, 6.45) is 0.811. The van der Waals surface area contributed by atoms with Crippen molar-refractivity contribution in [3.05, 3.63) is 75.5 Å². The molecule has 0 saturated heterocycles. The molecule has 1 unspecified atom stereocenters. The molecule has 4 rings (SSSR count). The topological polar surface area (TPSA) is 79.9 Å². The van der Waals surface area contributed by atoms with Crippen LogP contribution in [0.25, 0.3) is 0 Å². The molecule has 1 aliphatic rings. The molecule has 1 atom stereocenters. The quantitative estimate of drug-likeness (QED) is 0.556. The van der Waals surface area contributed by atoms with E-state index in [0.29, 0.717) is 22.7 Å². The molecular weight excluding hydrogens is 438 g/mol. The van der Waals surface area contributed by atoms with Gasteiger partial charge in [0, 0.05) is 29.7 Å². The number of thiophene rings is 1. The average molecular weight is 466 g/mol. The highest BCUT2D eigenvalue weighted by Gasteiger charge is 2.32. The van der Waals surface area contributed by atoms with Crippen molar-refractivity contribution >= 4 is 28.8 Å². The Balaban J connectivity index is 1.56. The monoisotopic (exact) mass is 465 g/mol. The third kappa shape index (κ3) is 4.86. The number of ether oxygens (including phenoxy) is 2. The lowest BCUT2D eigenvalue weighted by Gasteiger charge is -2.37. The van der Waals surface area contributed by atoms with Gasteiger partial charge in [-0.15, -0.1) is 11.3 Å². The molecule has 1 aromatic heterocycles. The molecule has 0 radical (unpaired) electrons. The summed E-state index contributed by atoms with van der Waals surface area (Å²) in [6, 6.07) is 15.0. The van der Waals surface area contributed by atoms with Gasteiger partial charge in [0.05, 0.1) is 26.8 Å². The maximum Gasteiger partial charge on any atom is 0.251 e. The van der Waals surface area contributed by atoms with Gasteiger partial charge in [-0.1, -0.05) is 6.07 Å². The van der Waals surface area contributed by atoms with Crippen LogP contribution in [-0.2, 0) is 11.2 Å². The van der Waals surface area contributed by atoms with Crippen molar-refractivity contribution in [1.29, 1.82) is 0 Å². The third-order valence-electron chi connectivity index (χ3n) is 5.79. The van der Waals surface area contributed by atoms with Crippen LogP contribution in [0.3, 0.4) is 0 Å². The minimum absolute atomic E-state index is 0.0464. The molecule has 0 fully saturated rings. The molecule has 2 N–H and O–H groups in total. The zero-order chi connectivity index (χ0) is 23.4. The summed E-state index contributed by atoms with van der Waals surface area (Å²) in [4.78, 5) is 28.0. The minimum atomic E-state index is -0.161. The minimum Gasteiger partial charge on any atom is -0.493 e. The molecule has 2 heterocycles. The Morgan fingerprint density at radius 3 is 2.45 bits per heavy atom. The molecular formula is C25H27N3O4S. The van der Waals surface area contributed by atoms with E-state index in [4.69, 9.17) is 9.47 Å². The number of nitrogens with one attached hydrogen (secondary N) is 2. The van der Waals surface area contributed by atoms with Gasteiger partial charge in [0.1, 0.15) is 0 Å². The fourth-order valence-electron chi connectivity index (χ4n) is 4.18. The van der Waals surface area contributed by atoms with Crippen LogP contribution in [0.5, 0.6) is 11.5 Å². The average Bonchev–Trinajstić information content (AvgIpc) is 3.37. The lowest BCUT2D eigenvalue weighted by Crippen LogP contribution is -2.40. The number of anilines is 1. The Morgan fingerprint density at radius 2 is 1.82 bits per heavy atom. The molecule has 1 aliphatic heterocycles. The van der Waals surface area contributed by atoms with Gasteiger partial charge in [-0.05, 0) is 65.4 Å². The summed E-state index contributed by atoms with van der Waals surface area (Å²) in [5.74, 6) is 1.13. The number of nitrogens with zero attached hydrogens (tertiary/aromatic N) is 1. The van der Waals surface area contributed by atoms with Gasteiger partial charge in [-0.3, -0.25) is 14.5 Å². The van der Waals surface area contributed by atoms with Crippen molar-refractivity contribution in [1.82, 2.24) is 10.2 Å². The van der Waals surface area contributed by atoms with E-state index in [1.807, 2.05) is 18.2 Å². The van der Waals surface area contributed by atoms with Gasteiger partial charge >= 0.3 is 0 Å². The summed E-state index contributed by atoms with van der Waals surface area (Å²) < 4.78 is 11.0. The molecule has 0 saturated carbocycles. The maximum atomic E-state index is 12.9. The first kappa shape index (κ1) is 22.8. The number of benzene rings is 2. The number of hydrogen-bond acceptors (Lipinski definition) is 6. The van der Waals surface area contributed by atoms with Crippen LogP contribution in [0.15, 0.2) is 53.9 Å². The van der Waals surface area contributed by atoms with Crippen LogP contribution >= 0.6 is 11.3 Å². The van der Waals surface area contributed by atoms with Crippen LogP contribution in [0.1, 0.15) is 32.4 Å². The Hall–Kier alpha value is -3.36. The molecule has 7 nitrogen and oxygen atoms in total. The van der Waals surface area contributed by atoms with Gasteiger partial charge < -0.3 is 20.1 Å². The van der Waals surface area contributed by atoms with Crippen LogP contribution in [-0.4, -0.2) is 51.1 Å². The summed E-state index contributed by atoms with van der Waals surface area (Å²) in [5, 5.41) is 7.59. The maximum absolute atomic E-state index is 12.9. The summed E-state index contributed by atoms with van der Waals surface area (Å²) in [6.45, 7) is 0.988. The SMILES string of the molecule is CNC(=O)c1ccc(NC(=O)CN2CCc3cc(OC)c(OC)cc3C2c2cccs2)cc1. The van der Waals surface area contributed by atoms with Crippen molar-refractivity contribution in [2.24, 2.45) is 0 Å². The Kier molecular flexibility index (Phi) is 6.96. The van der Waals surface area contributed by atoms with E-state index < -0.39 is 0 Å². The Bertz CT molecular complexity index is 1130. The highest BCUT2D eigenvalue weighted by Crippen LogP contribution is 2.42. The van der Waals surface area contributed by atoms with Crippen LogP contribution < -0.4 is 20.1 Å². The molecule has 0 spiro atoms. The Morgan fingerprint density at radius 1 is 1.09 bits per heavy atom. The predicted molar refractivity (Wildman–Crippen MR) is 129 cm³/mol. The van der Waals surface area contributed by atoms with Crippen LogP contribution in [0.4, 0.5) is 5.69 Å². The van der Waals surface area contributed by atoms with Crippen LogP contribution in [0, 0.1) is 0 Å². The van der Waals surface area contributed by atoms with E-state index in [-0.39, 0.29) is 24.4 Å². The highest BCUT2D eigenvalue weighted by atomic mass is 32.1. The number of hydrogen-bond donors (Lipinski definition) is 2. The number of amides is 2. The van der Waals surface area contributed by atoms with E-state index in [0.717, 1.165) is 18.5 Å². The summed E-state index contributed by atoms with van der Waals surface area (Å²) in [7, 11) is 4.86. The number of fused-ring (bicyclic) bond motifs is 1. The van der Waals surface area contributed by atoms with E-state index in [1.165, 1.54) is 10.4 Å². The molecule has 0 bridgehead atoms. The molecule has 0 aliphatic carbocycles. The number of carbonyl (C=O) groups is 2. The zero-order valence-corrected chi connectivity index (χ0v) is 19.7. The van der Waals surface area contributed by atoms with Gasteiger partial charge in [-0.25, -0.2) is 0 Å². The second kappa shape index (κ2) is 10.1. The van der Waals surface area contributed by atoms with E-state index in [9.17, 15) is 9.59 Å². The number of methoxy groups -OCH3 is 2. The van der Waals surface area contributed by atoms with E-state index >= 15 is 0 Å². The van der Waals surface area contributed by atoms with Gasteiger partial charge in [0.2, 0.25) is 5.91 Å². The fourth-order valence-corrected chi connectivity index (χ4v) is 5.06. The largest absolute Gasteiger partial charge is 0.493 e. The molecule has 172 valence electrons. The smallest absolute Gasteiger partial charge is 0.251 e. The van der Waals surface area contributed by atoms with E-state index in [1.54, 1.807) is 56.9 Å². The van der Waals surface area contributed by atoms with Crippen molar-refractivity contribution in [3.63, 3.8) is 0 Å². The van der Waals surface area contributed by atoms with Gasteiger partial charge in [0.15, 0.2) is 11.5 Å². The number of carbonyl (C=O) groups excluding carboxylic acids is 2. The summed E-state index contributed by atoms with van der Waals surface area (Å²) in [5.41, 5.74) is 3.53. The van der Waals surface area contributed by atoms with Gasteiger partial charge in [-0.2, -0.15) is 0 Å². The van der Waals surface area contributed by atoms with Crippen molar-refractivity contribution in [2.45, 2.75) is 12.5 Å². The van der Waals surface area contributed by atoms with Crippen molar-refractivity contribution in [2.75, 3.05) is 39.7 Å². The lowest BCUT2D eigenvalue weighted by molar-refractivity contribution is -0.117. The first-order chi connectivity index (χ1) is 16.0. The standard InChI is InChI=1S/C25H27N3O4S/c1-26-25(30)16-6-8-18(9-7-16)27-23(29)15-28-11-10-17-13-20(31-2)21(32-3)14-19(17)24(28)22-5-4-12-33-22/h4-9,12-14,24H,10-11,15H2,1-3H3,(H,26,30)(H,27,29). The zero-order valence-electron chi connectivity index (χ0n) is 18.9. The Labute approximate surface area is 197 Å². The molecule has 2 aromatic carbocycles. The molecule has 2 amide bonds.